The van der Waals surface area contributed by atoms with E-state index < -0.39 is 23.6 Å². The molecule has 0 saturated carbocycles. The Bertz CT molecular complexity index is 655. The quantitative estimate of drug-likeness (QED) is 0.838. The maximum Gasteiger partial charge on any atom is 0.416 e. The van der Waals surface area contributed by atoms with Crippen LogP contribution < -0.4 is 5.32 Å². The molecule has 132 valence electrons. The second-order valence-corrected chi connectivity index (χ2v) is 5.44. The number of benzene rings is 1. The molecule has 0 bridgehead atoms. The zero-order valence-corrected chi connectivity index (χ0v) is 13.5. The van der Waals surface area contributed by atoms with Gasteiger partial charge >= 0.3 is 6.18 Å². The van der Waals surface area contributed by atoms with Crippen LogP contribution in [0.4, 0.5) is 17.6 Å². The van der Waals surface area contributed by atoms with Crippen molar-refractivity contribution in [3.8, 4) is 0 Å². The summed E-state index contributed by atoms with van der Waals surface area (Å²) in [6, 6.07) is 5.53. The molecule has 2 heterocycles. The van der Waals surface area contributed by atoms with E-state index in [1.807, 2.05) is 4.90 Å². The van der Waals surface area contributed by atoms with Crippen LogP contribution in [0.2, 0.25) is 0 Å². The van der Waals surface area contributed by atoms with E-state index in [0.717, 1.165) is 19.2 Å². The molecule has 0 amide bonds. The van der Waals surface area contributed by atoms with Crippen molar-refractivity contribution in [3.05, 3.63) is 59.3 Å². The molecular formula is C16H17ClF4N2O. The molecule has 1 aliphatic heterocycles. The Morgan fingerprint density at radius 2 is 1.83 bits per heavy atom. The van der Waals surface area contributed by atoms with Crippen molar-refractivity contribution >= 4 is 12.4 Å². The molecule has 1 aromatic heterocycles. The number of alkyl halides is 3. The Balaban J connectivity index is 0.00000208. The number of nitrogens with zero attached hydrogens (tertiary/aromatic N) is 1. The second kappa shape index (κ2) is 7.55. The van der Waals surface area contributed by atoms with E-state index in [9.17, 15) is 17.6 Å². The first kappa shape index (κ1) is 18.8. The van der Waals surface area contributed by atoms with Gasteiger partial charge in [-0.05, 0) is 24.3 Å². The number of hydrogen-bond acceptors (Lipinski definition) is 3. The Hall–Kier alpha value is -1.57. The number of rotatable bonds is 3. The van der Waals surface area contributed by atoms with E-state index in [4.69, 9.17) is 4.42 Å². The normalized spacial score (nSPS) is 17.3. The van der Waals surface area contributed by atoms with E-state index in [0.29, 0.717) is 24.9 Å². The summed E-state index contributed by atoms with van der Waals surface area (Å²) >= 11 is 0. The highest BCUT2D eigenvalue weighted by Gasteiger charge is 2.33. The molecule has 1 N–H and O–H groups in total. The van der Waals surface area contributed by atoms with Crippen LogP contribution in [0.3, 0.4) is 0 Å². The van der Waals surface area contributed by atoms with Gasteiger partial charge in [0.25, 0.3) is 0 Å². The summed E-state index contributed by atoms with van der Waals surface area (Å²) in [5.74, 6) is -0.356. The zero-order valence-electron chi connectivity index (χ0n) is 12.6. The molecule has 8 heteroatoms. The maximum atomic E-state index is 14.4. The van der Waals surface area contributed by atoms with E-state index in [2.05, 4.69) is 5.32 Å². The van der Waals surface area contributed by atoms with Gasteiger partial charge in [-0.3, -0.25) is 4.90 Å². The van der Waals surface area contributed by atoms with E-state index >= 15 is 0 Å². The average Bonchev–Trinajstić information content (AvgIpc) is 3.03. The highest BCUT2D eigenvalue weighted by molar-refractivity contribution is 5.85. The van der Waals surface area contributed by atoms with Crippen LogP contribution in [0.5, 0.6) is 0 Å². The Labute approximate surface area is 143 Å². The van der Waals surface area contributed by atoms with Crippen LogP contribution in [-0.2, 0) is 6.18 Å². The lowest BCUT2D eigenvalue weighted by atomic mass is 9.99. The fourth-order valence-corrected chi connectivity index (χ4v) is 2.84. The van der Waals surface area contributed by atoms with Gasteiger partial charge in [0.2, 0.25) is 0 Å². The first-order valence-corrected chi connectivity index (χ1v) is 7.31. The lowest BCUT2D eigenvalue weighted by molar-refractivity contribution is -0.137. The molecule has 0 radical (unpaired) electrons. The highest BCUT2D eigenvalue weighted by atomic mass is 35.5. The van der Waals surface area contributed by atoms with Crippen LogP contribution >= 0.6 is 12.4 Å². The van der Waals surface area contributed by atoms with Crippen molar-refractivity contribution in [3.63, 3.8) is 0 Å². The standard InChI is InChI=1S/C16H16F4N2O.ClH/c17-13-10-11(16(18,19)20)3-4-12(13)15(14-2-1-9-23-14)22-7-5-21-6-8-22;/h1-4,9-10,15,21H,5-8H2;1H/t15-;/m1./s1. The number of piperazine rings is 1. The molecule has 2 aromatic rings. The maximum absolute atomic E-state index is 14.4. The Morgan fingerprint density at radius 3 is 2.38 bits per heavy atom. The van der Waals surface area contributed by atoms with Gasteiger partial charge in [0.05, 0.1) is 17.9 Å². The Morgan fingerprint density at radius 1 is 1.12 bits per heavy atom. The average molecular weight is 365 g/mol. The van der Waals surface area contributed by atoms with Crippen molar-refractivity contribution in [2.75, 3.05) is 26.2 Å². The van der Waals surface area contributed by atoms with Crippen LogP contribution in [0.25, 0.3) is 0 Å². The number of hydrogen-bond donors (Lipinski definition) is 1. The van der Waals surface area contributed by atoms with Crippen LogP contribution in [0, 0.1) is 5.82 Å². The third-order valence-electron chi connectivity index (χ3n) is 3.95. The summed E-state index contributed by atoms with van der Waals surface area (Å²) in [5.41, 5.74) is -0.799. The van der Waals surface area contributed by atoms with E-state index in [1.165, 1.54) is 12.3 Å². The predicted octanol–water partition coefficient (Wildman–Crippen LogP) is 3.85. The summed E-state index contributed by atoms with van der Waals surface area (Å²) in [4.78, 5) is 2.00. The van der Waals surface area contributed by atoms with Gasteiger partial charge in [-0.15, -0.1) is 12.4 Å². The minimum absolute atomic E-state index is 0. The predicted molar refractivity (Wildman–Crippen MR) is 83.6 cm³/mol. The monoisotopic (exact) mass is 364 g/mol. The third kappa shape index (κ3) is 3.91. The number of halogens is 5. The largest absolute Gasteiger partial charge is 0.467 e. The molecule has 0 aliphatic carbocycles. The summed E-state index contributed by atoms with van der Waals surface area (Å²) in [7, 11) is 0. The highest BCUT2D eigenvalue weighted by Crippen LogP contribution is 2.35. The topological polar surface area (TPSA) is 28.4 Å². The minimum Gasteiger partial charge on any atom is -0.467 e. The zero-order chi connectivity index (χ0) is 16.4. The first-order chi connectivity index (χ1) is 11.0. The Kier molecular flexibility index (Phi) is 5.90. The fraction of sp³-hybridized carbons (Fsp3) is 0.375. The third-order valence-corrected chi connectivity index (χ3v) is 3.95. The van der Waals surface area contributed by atoms with Crippen molar-refractivity contribution in [1.29, 1.82) is 0 Å². The van der Waals surface area contributed by atoms with Gasteiger partial charge in [-0.25, -0.2) is 4.39 Å². The SMILES string of the molecule is Cl.Fc1cc(C(F)(F)F)ccc1[C@H](c1ccco1)N1CCNCC1. The van der Waals surface area contributed by atoms with Gasteiger partial charge in [-0.1, -0.05) is 6.07 Å². The van der Waals surface area contributed by atoms with Crippen LogP contribution in [0.15, 0.2) is 41.0 Å². The van der Waals surface area contributed by atoms with E-state index in [1.54, 1.807) is 12.1 Å². The molecule has 0 spiro atoms. The van der Waals surface area contributed by atoms with Crippen molar-refractivity contribution < 1.29 is 22.0 Å². The molecular weight excluding hydrogens is 348 g/mol. The summed E-state index contributed by atoms with van der Waals surface area (Å²) < 4.78 is 58.0. The molecule has 1 fully saturated rings. The molecule has 3 rings (SSSR count). The summed E-state index contributed by atoms with van der Waals surface area (Å²) in [6.07, 6.45) is -3.08. The molecule has 1 aromatic carbocycles. The molecule has 3 nitrogen and oxygen atoms in total. The first-order valence-electron chi connectivity index (χ1n) is 7.31. The van der Waals surface area contributed by atoms with Crippen molar-refractivity contribution in [2.24, 2.45) is 0 Å². The molecule has 1 aliphatic rings. The van der Waals surface area contributed by atoms with Crippen molar-refractivity contribution in [2.45, 2.75) is 12.2 Å². The summed E-state index contributed by atoms with van der Waals surface area (Å²) in [6.45, 7) is 2.79. The fourth-order valence-electron chi connectivity index (χ4n) is 2.84. The number of furan rings is 1. The van der Waals surface area contributed by atoms with Gasteiger partial charge in [-0.2, -0.15) is 13.2 Å². The molecule has 0 unspecified atom stereocenters. The minimum atomic E-state index is -4.56. The second-order valence-electron chi connectivity index (χ2n) is 5.44. The lowest BCUT2D eigenvalue weighted by Gasteiger charge is -2.34. The molecule has 24 heavy (non-hydrogen) atoms. The van der Waals surface area contributed by atoms with Crippen LogP contribution in [-0.4, -0.2) is 31.1 Å². The van der Waals surface area contributed by atoms with Crippen molar-refractivity contribution in [1.82, 2.24) is 10.2 Å². The van der Waals surface area contributed by atoms with Crippen LogP contribution in [0.1, 0.15) is 22.9 Å². The smallest absolute Gasteiger partial charge is 0.416 e. The van der Waals surface area contributed by atoms with Gasteiger partial charge in [0.1, 0.15) is 11.6 Å². The van der Waals surface area contributed by atoms with Gasteiger partial charge < -0.3 is 9.73 Å². The van der Waals surface area contributed by atoms with Gasteiger partial charge in [0.15, 0.2) is 0 Å². The number of nitrogens with one attached hydrogen (secondary N) is 1. The van der Waals surface area contributed by atoms with E-state index in [-0.39, 0.29) is 18.0 Å². The molecule has 1 atom stereocenters. The summed E-state index contributed by atoms with van der Waals surface area (Å²) in [5, 5.41) is 3.20. The van der Waals surface area contributed by atoms with Gasteiger partial charge in [0, 0.05) is 31.7 Å². The molecule has 1 saturated heterocycles. The lowest BCUT2D eigenvalue weighted by Crippen LogP contribution is -2.45.